The van der Waals surface area contributed by atoms with Crippen molar-refractivity contribution in [3.8, 4) is 23.1 Å². The standard InChI is InChI=1S/C56H66F10N8O6/c1-32(53(5,6)55(61,62)63)49(77)70-72(28-41-42(57)22-36(23-43(41)58)44-19-20-73(69-44)50(59)60)29-46(76)37(24-45(75)48(54(7,8)56(64,65)66)68-51(78)80-52(2,3)4)21-34-12-9-33(10-13-34)11-14-35-15-18-47(67-25-35)71-26-38-16-17-39(27-71)74(38)40-30-79-31-40/h9-10,12-13,15,18-20,22-23,25,32,37-40,46,48,50,76H,16-17,21,24,26-31H2,1-8H3,(H,68,78)(H,70,77)/t32-,37-,38?,39?,46+,48-/m1/s1. The number of carbonyl (C=O) groups excluding carboxylic acids is 3. The molecule has 2 bridgehead atoms. The second-order valence-corrected chi connectivity index (χ2v) is 23.0. The minimum atomic E-state index is -5.11. The van der Waals surface area contributed by atoms with E-state index in [4.69, 9.17) is 14.5 Å². The Morgan fingerprint density at radius 1 is 0.838 bits per heavy atom. The van der Waals surface area contributed by atoms with Crippen molar-refractivity contribution >= 4 is 23.6 Å². The molecule has 0 spiro atoms. The van der Waals surface area contributed by atoms with Crippen LogP contribution in [0.2, 0.25) is 0 Å². The summed E-state index contributed by atoms with van der Waals surface area (Å²) in [5.41, 5.74) is -4.48. The number of aliphatic hydroxyl groups excluding tert-OH is 1. The summed E-state index contributed by atoms with van der Waals surface area (Å²) in [5.74, 6) is -1.55. The van der Waals surface area contributed by atoms with Crippen molar-refractivity contribution in [1.29, 1.82) is 0 Å². The first kappa shape index (κ1) is 61.3. The van der Waals surface area contributed by atoms with Gasteiger partial charge >= 0.3 is 25.0 Å². The molecular weight excluding hydrogens is 1070 g/mol. The van der Waals surface area contributed by atoms with E-state index in [-0.39, 0.29) is 22.4 Å². The molecule has 5 heterocycles. The lowest BCUT2D eigenvalue weighted by molar-refractivity contribution is -0.227. The number of benzene rings is 2. The van der Waals surface area contributed by atoms with Gasteiger partial charge in [-0.15, -0.1) is 0 Å². The molecule has 3 aliphatic heterocycles. The van der Waals surface area contributed by atoms with Crippen molar-refractivity contribution in [2.24, 2.45) is 22.7 Å². The monoisotopic (exact) mass is 1140 g/mol. The van der Waals surface area contributed by atoms with Crippen LogP contribution in [0.5, 0.6) is 0 Å². The molecule has 24 heteroatoms. The van der Waals surface area contributed by atoms with E-state index in [9.17, 15) is 54.6 Å². The van der Waals surface area contributed by atoms with Crippen LogP contribution in [-0.2, 0) is 32.0 Å². The number of amides is 2. The number of Topliss-reactive ketones (excluding diaryl/α,β-unsaturated/α-hetero) is 1. The van der Waals surface area contributed by atoms with E-state index in [2.05, 4.69) is 32.2 Å². The van der Waals surface area contributed by atoms with E-state index in [1.54, 1.807) is 30.5 Å². The van der Waals surface area contributed by atoms with E-state index in [1.165, 1.54) is 20.8 Å². The number of halogens is 10. The van der Waals surface area contributed by atoms with Crippen LogP contribution in [-0.4, -0.2) is 129 Å². The maximum atomic E-state index is 16.0. The number of aliphatic hydroxyl groups is 1. The summed E-state index contributed by atoms with van der Waals surface area (Å²) in [6.45, 7) is 6.39. The molecule has 3 aliphatic rings. The van der Waals surface area contributed by atoms with Crippen LogP contribution >= 0.6 is 0 Å². The van der Waals surface area contributed by atoms with Crippen molar-refractivity contribution in [2.45, 2.75) is 142 Å². The van der Waals surface area contributed by atoms with E-state index in [0.717, 1.165) is 90.1 Å². The molecule has 436 valence electrons. The number of ether oxygens (including phenoxy) is 2. The minimum Gasteiger partial charge on any atom is -0.444 e. The molecular formula is C56H66F10N8O6. The lowest BCUT2D eigenvalue weighted by Crippen LogP contribution is -2.62. The summed E-state index contributed by atoms with van der Waals surface area (Å²) in [6, 6.07) is 11.7. The van der Waals surface area contributed by atoms with Gasteiger partial charge in [0.1, 0.15) is 29.1 Å². The third kappa shape index (κ3) is 14.4. The fraction of sp³-hybridized carbons (Fsp3) is 0.554. The zero-order valence-corrected chi connectivity index (χ0v) is 45.5. The van der Waals surface area contributed by atoms with Gasteiger partial charge < -0.3 is 24.8 Å². The zero-order chi connectivity index (χ0) is 58.9. The number of carbonyl (C=O) groups is 3. The number of alkyl carbamates (subject to hydrolysis) is 1. The SMILES string of the molecule is C[C@H](C(=O)NN(Cc1c(F)cc(-c2ccn(C(F)F)n2)cc1F)C[C@H](O)[C@@H](CC(=O)[C@@H](NC(=O)OC(C)(C)C)C(C)(C)C(F)(F)F)Cc1ccc(C#Cc2ccc(N3CC4CCC(C3)N4C3COC3)nc2)cc1)C(C)(C)C(F)(F)F. The second-order valence-electron chi connectivity index (χ2n) is 23.0. The lowest BCUT2D eigenvalue weighted by atomic mass is 9.77. The number of rotatable bonds is 19. The molecule has 3 N–H and O–H groups in total. The van der Waals surface area contributed by atoms with Gasteiger partial charge in [-0.3, -0.25) is 19.9 Å². The van der Waals surface area contributed by atoms with Gasteiger partial charge in [-0.1, -0.05) is 44.7 Å². The Bertz CT molecular complexity index is 2860. The number of nitrogens with zero attached hydrogens (tertiary/aromatic N) is 6. The smallest absolute Gasteiger partial charge is 0.408 e. The lowest BCUT2D eigenvalue weighted by Gasteiger charge is -2.47. The summed E-state index contributed by atoms with van der Waals surface area (Å²) in [7, 11) is 0. The molecule has 7 rings (SSSR count). The molecule has 2 amide bonds. The Morgan fingerprint density at radius 3 is 1.94 bits per heavy atom. The first-order valence-electron chi connectivity index (χ1n) is 26.1. The number of anilines is 1. The van der Waals surface area contributed by atoms with Crippen LogP contribution in [0.3, 0.4) is 0 Å². The highest BCUT2D eigenvalue weighted by Gasteiger charge is 2.56. The molecule has 0 radical (unpaired) electrons. The molecule has 3 fully saturated rings. The number of hydrogen-bond acceptors (Lipinski definition) is 11. The summed E-state index contributed by atoms with van der Waals surface area (Å²) in [6.07, 6.45) is -9.79. The molecule has 14 nitrogen and oxygen atoms in total. The first-order valence-corrected chi connectivity index (χ1v) is 26.1. The largest absolute Gasteiger partial charge is 0.444 e. The number of hydrogen-bond donors (Lipinski definition) is 3. The van der Waals surface area contributed by atoms with Crippen LogP contribution in [0, 0.1) is 46.1 Å². The summed E-state index contributed by atoms with van der Waals surface area (Å²) in [5, 5.41) is 18.5. The molecule has 80 heavy (non-hydrogen) atoms. The van der Waals surface area contributed by atoms with Gasteiger partial charge in [-0.2, -0.15) is 40.2 Å². The third-order valence-corrected chi connectivity index (χ3v) is 15.4. The topological polar surface area (TPSA) is 154 Å². The minimum absolute atomic E-state index is 0.237. The number of ketones is 1. The first-order chi connectivity index (χ1) is 37.2. The average Bonchev–Trinajstić information content (AvgIpc) is 3.93. The van der Waals surface area contributed by atoms with Crippen LogP contribution in [0.4, 0.5) is 54.5 Å². The molecule has 2 unspecified atom stereocenters. The van der Waals surface area contributed by atoms with Gasteiger partial charge in [0, 0.05) is 79.3 Å². The third-order valence-electron chi connectivity index (χ3n) is 15.4. The predicted molar refractivity (Wildman–Crippen MR) is 274 cm³/mol. The van der Waals surface area contributed by atoms with Crippen LogP contribution < -0.4 is 15.6 Å². The number of nitrogens with one attached hydrogen (secondary N) is 2. The number of hydrazine groups is 1. The molecule has 3 saturated heterocycles. The molecule has 0 aliphatic carbocycles. The van der Waals surface area contributed by atoms with Gasteiger partial charge in [0.05, 0.1) is 47.8 Å². The highest BCUT2D eigenvalue weighted by molar-refractivity contribution is 5.88. The summed E-state index contributed by atoms with van der Waals surface area (Å²) in [4.78, 5) is 50.7. The molecule has 2 aromatic heterocycles. The molecule has 4 aromatic rings. The summed E-state index contributed by atoms with van der Waals surface area (Å²) >= 11 is 0. The van der Waals surface area contributed by atoms with Gasteiger partial charge in [-0.25, -0.2) is 28.3 Å². The summed E-state index contributed by atoms with van der Waals surface area (Å²) < 4.78 is 156. The maximum Gasteiger partial charge on any atom is 0.408 e. The average molecular weight is 1140 g/mol. The Hall–Kier alpha value is -6.29. The van der Waals surface area contributed by atoms with Gasteiger partial charge in [0.15, 0.2) is 5.78 Å². The Labute approximate surface area is 457 Å². The number of piperazine rings is 1. The second kappa shape index (κ2) is 24.0. The maximum absolute atomic E-state index is 16.0. The molecule has 0 saturated carbocycles. The van der Waals surface area contributed by atoms with E-state index >= 15 is 8.78 Å². The van der Waals surface area contributed by atoms with Crippen molar-refractivity contribution in [2.75, 3.05) is 37.7 Å². The highest BCUT2D eigenvalue weighted by Crippen LogP contribution is 2.44. The normalized spacial score (nSPS) is 19.0. The van der Waals surface area contributed by atoms with Crippen molar-refractivity contribution < 1.29 is 72.9 Å². The number of aromatic nitrogens is 3. The van der Waals surface area contributed by atoms with E-state index in [0.29, 0.717) is 53.7 Å². The number of pyridine rings is 1. The van der Waals surface area contributed by atoms with Crippen LogP contribution in [0.1, 0.15) is 103 Å². The van der Waals surface area contributed by atoms with Crippen LogP contribution in [0.15, 0.2) is 67.0 Å². The quantitative estimate of drug-likeness (QED) is 0.0467. The fourth-order valence-electron chi connectivity index (χ4n) is 9.95. The Morgan fingerprint density at radius 2 is 1.43 bits per heavy atom. The Balaban J connectivity index is 1.17. The van der Waals surface area contributed by atoms with Crippen molar-refractivity contribution in [3.05, 3.63) is 101 Å². The van der Waals surface area contributed by atoms with Crippen molar-refractivity contribution in [3.63, 3.8) is 0 Å². The molecule has 2 aromatic carbocycles. The van der Waals surface area contributed by atoms with Crippen LogP contribution in [0.25, 0.3) is 11.3 Å². The zero-order valence-electron chi connectivity index (χ0n) is 45.5. The molecule has 6 atom stereocenters. The number of alkyl halides is 8. The highest BCUT2D eigenvalue weighted by atomic mass is 19.4. The number of fused-ring (bicyclic) bond motifs is 2. The van der Waals surface area contributed by atoms with Crippen molar-refractivity contribution in [1.82, 2.24) is 35.4 Å². The van der Waals surface area contributed by atoms with Gasteiger partial charge in [0.2, 0.25) is 5.91 Å². The fourth-order valence-corrected chi connectivity index (χ4v) is 9.95. The van der Waals surface area contributed by atoms with Gasteiger partial charge in [-0.05, 0) is 108 Å². The van der Waals surface area contributed by atoms with E-state index < -0.39 is 114 Å². The van der Waals surface area contributed by atoms with Gasteiger partial charge in [0.25, 0.3) is 0 Å². The van der Waals surface area contributed by atoms with E-state index in [1.807, 2.05) is 17.4 Å². The predicted octanol–water partition coefficient (Wildman–Crippen LogP) is 9.79. The Kier molecular flexibility index (Phi) is 18.4.